The molecule has 1 saturated carbocycles. The Kier molecular flexibility index (Phi) is 4.90. The van der Waals surface area contributed by atoms with E-state index in [1.54, 1.807) is 0 Å². The maximum atomic E-state index is 12.5. The average Bonchev–Trinajstić information content (AvgIpc) is 2.87. The summed E-state index contributed by atoms with van der Waals surface area (Å²) in [6.45, 7) is 0.389. The van der Waals surface area contributed by atoms with Gasteiger partial charge in [0.05, 0.1) is 12.0 Å². The van der Waals surface area contributed by atoms with Gasteiger partial charge in [0.2, 0.25) is 5.91 Å². The first-order chi connectivity index (χ1) is 9.40. The lowest BCUT2D eigenvalue weighted by atomic mass is 9.85. The minimum absolute atomic E-state index is 0.0771. The maximum absolute atomic E-state index is 12.5. The molecule has 2 rings (SSSR count). The lowest BCUT2D eigenvalue weighted by molar-refractivity contribution is -0.182. The molecule has 0 spiro atoms. The van der Waals surface area contributed by atoms with Crippen LogP contribution in [0.25, 0.3) is 0 Å². The lowest BCUT2D eigenvalue weighted by Gasteiger charge is -2.30. The molecule has 1 heterocycles. The highest BCUT2D eigenvalue weighted by molar-refractivity contribution is 5.81. The SMILES string of the molecule is NCC1CCC(C(=O)NC2CCC(C(F)(F)F)CC2)O1. The number of amides is 1. The van der Waals surface area contributed by atoms with Gasteiger partial charge in [-0.15, -0.1) is 0 Å². The number of alkyl halides is 3. The molecule has 0 aromatic heterocycles. The highest BCUT2D eigenvalue weighted by atomic mass is 19.4. The van der Waals surface area contributed by atoms with Crippen LogP contribution in [0.4, 0.5) is 13.2 Å². The van der Waals surface area contributed by atoms with E-state index in [2.05, 4.69) is 5.32 Å². The molecule has 3 N–H and O–H groups in total. The zero-order valence-electron chi connectivity index (χ0n) is 11.3. The first-order valence-corrected chi connectivity index (χ1v) is 7.12. The third kappa shape index (κ3) is 3.85. The van der Waals surface area contributed by atoms with Gasteiger partial charge in [0.1, 0.15) is 6.10 Å². The van der Waals surface area contributed by atoms with E-state index in [4.69, 9.17) is 10.5 Å². The topological polar surface area (TPSA) is 64.4 Å². The van der Waals surface area contributed by atoms with Crippen molar-refractivity contribution in [2.45, 2.75) is 63.0 Å². The quantitative estimate of drug-likeness (QED) is 0.833. The summed E-state index contributed by atoms with van der Waals surface area (Å²) in [5, 5.41) is 2.81. The van der Waals surface area contributed by atoms with Gasteiger partial charge in [-0.05, 0) is 38.5 Å². The van der Waals surface area contributed by atoms with Gasteiger partial charge < -0.3 is 15.8 Å². The lowest BCUT2D eigenvalue weighted by Crippen LogP contribution is -2.44. The van der Waals surface area contributed by atoms with E-state index < -0.39 is 18.2 Å². The molecule has 0 radical (unpaired) electrons. The summed E-state index contributed by atoms with van der Waals surface area (Å²) >= 11 is 0. The Labute approximate surface area is 116 Å². The molecule has 2 fully saturated rings. The molecular weight excluding hydrogens is 273 g/mol. The van der Waals surface area contributed by atoms with Crippen LogP contribution in [-0.4, -0.2) is 36.9 Å². The van der Waals surface area contributed by atoms with E-state index in [1.165, 1.54) is 0 Å². The summed E-state index contributed by atoms with van der Waals surface area (Å²) in [5.41, 5.74) is 5.47. The van der Waals surface area contributed by atoms with Gasteiger partial charge in [0.25, 0.3) is 0 Å². The average molecular weight is 294 g/mol. The van der Waals surface area contributed by atoms with Crippen LogP contribution >= 0.6 is 0 Å². The van der Waals surface area contributed by atoms with Crippen LogP contribution in [-0.2, 0) is 9.53 Å². The summed E-state index contributed by atoms with van der Waals surface area (Å²) in [4.78, 5) is 12.0. The third-order valence-electron chi connectivity index (χ3n) is 4.20. The number of hydrogen-bond acceptors (Lipinski definition) is 3. The smallest absolute Gasteiger partial charge is 0.364 e. The number of halogens is 3. The van der Waals surface area contributed by atoms with Gasteiger partial charge in [-0.1, -0.05) is 0 Å². The minimum atomic E-state index is -4.11. The Balaban J connectivity index is 1.74. The summed E-state index contributed by atoms with van der Waals surface area (Å²) in [6, 6.07) is -0.165. The van der Waals surface area contributed by atoms with Crippen LogP contribution in [0.5, 0.6) is 0 Å². The van der Waals surface area contributed by atoms with E-state index in [1.807, 2.05) is 0 Å². The van der Waals surface area contributed by atoms with Crippen molar-refractivity contribution >= 4 is 5.91 Å². The van der Waals surface area contributed by atoms with Gasteiger partial charge >= 0.3 is 6.18 Å². The number of carbonyl (C=O) groups excluding carboxylic acids is 1. The Morgan fingerprint density at radius 1 is 1.15 bits per heavy atom. The van der Waals surface area contributed by atoms with Crippen molar-refractivity contribution in [3.63, 3.8) is 0 Å². The molecule has 0 aromatic rings. The Morgan fingerprint density at radius 2 is 1.80 bits per heavy atom. The molecule has 1 amide bonds. The second-order valence-electron chi connectivity index (χ2n) is 5.66. The molecule has 0 aromatic carbocycles. The van der Waals surface area contributed by atoms with Gasteiger partial charge in [0.15, 0.2) is 0 Å². The fraction of sp³-hybridized carbons (Fsp3) is 0.923. The molecule has 7 heteroatoms. The van der Waals surface area contributed by atoms with Crippen molar-refractivity contribution in [2.75, 3.05) is 6.54 Å². The van der Waals surface area contributed by atoms with Gasteiger partial charge in [0, 0.05) is 12.6 Å². The van der Waals surface area contributed by atoms with E-state index in [-0.39, 0.29) is 30.9 Å². The molecule has 1 aliphatic heterocycles. The molecular formula is C13H21F3N2O2. The fourth-order valence-electron chi connectivity index (χ4n) is 2.93. The largest absolute Gasteiger partial charge is 0.391 e. The van der Waals surface area contributed by atoms with E-state index in [9.17, 15) is 18.0 Å². The molecule has 1 saturated heterocycles. The van der Waals surface area contributed by atoms with E-state index >= 15 is 0 Å². The highest BCUT2D eigenvalue weighted by Gasteiger charge is 2.42. The number of nitrogens with one attached hydrogen (secondary N) is 1. The van der Waals surface area contributed by atoms with E-state index in [0.29, 0.717) is 25.8 Å². The van der Waals surface area contributed by atoms with E-state index in [0.717, 1.165) is 6.42 Å². The molecule has 2 unspecified atom stereocenters. The number of hydrogen-bond donors (Lipinski definition) is 2. The normalized spacial score (nSPS) is 35.0. The predicted octanol–water partition coefficient (Wildman–Crippen LogP) is 1.73. The van der Waals surface area contributed by atoms with Gasteiger partial charge in [-0.3, -0.25) is 4.79 Å². The molecule has 0 bridgehead atoms. The van der Waals surface area contributed by atoms with Crippen molar-refractivity contribution in [3.05, 3.63) is 0 Å². The fourth-order valence-corrected chi connectivity index (χ4v) is 2.93. The molecule has 2 atom stereocenters. The van der Waals surface area contributed by atoms with Gasteiger partial charge in [-0.2, -0.15) is 13.2 Å². The number of rotatable bonds is 3. The van der Waals surface area contributed by atoms with Crippen LogP contribution in [0.15, 0.2) is 0 Å². The zero-order chi connectivity index (χ0) is 14.8. The highest BCUT2D eigenvalue weighted by Crippen LogP contribution is 2.37. The number of carbonyl (C=O) groups is 1. The van der Waals surface area contributed by atoms with Crippen molar-refractivity contribution < 1.29 is 22.7 Å². The van der Waals surface area contributed by atoms with Crippen LogP contribution in [0, 0.1) is 5.92 Å². The zero-order valence-corrected chi connectivity index (χ0v) is 11.3. The van der Waals surface area contributed by atoms with Crippen LogP contribution in [0.2, 0.25) is 0 Å². The second-order valence-corrected chi connectivity index (χ2v) is 5.66. The second kappa shape index (κ2) is 6.30. The summed E-state index contributed by atoms with van der Waals surface area (Å²) < 4.78 is 43.1. The Morgan fingerprint density at radius 3 is 2.30 bits per heavy atom. The third-order valence-corrected chi connectivity index (χ3v) is 4.20. The predicted molar refractivity (Wildman–Crippen MR) is 66.9 cm³/mol. The van der Waals surface area contributed by atoms with Crippen molar-refractivity contribution in [1.29, 1.82) is 0 Å². The Bertz CT molecular complexity index is 341. The first kappa shape index (κ1) is 15.6. The summed E-state index contributed by atoms with van der Waals surface area (Å²) in [7, 11) is 0. The first-order valence-electron chi connectivity index (χ1n) is 7.12. The minimum Gasteiger partial charge on any atom is -0.364 e. The molecule has 4 nitrogen and oxygen atoms in total. The van der Waals surface area contributed by atoms with Crippen LogP contribution in [0.3, 0.4) is 0 Å². The molecule has 2 aliphatic rings. The number of nitrogens with two attached hydrogens (primary N) is 1. The van der Waals surface area contributed by atoms with Crippen molar-refractivity contribution in [1.82, 2.24) is 5.32 Å². The summed E-state index contributed by atoms with van der Waals surface area (Å²) in [6.07, 6.45) is -2.36. The van der Waals surface area contributed by atoms with Crippen molar-refractivity contribution in [3.8, 4) is 0 Å². The molecule has 1 aliphatic carbocycles. The Hall–Kier alpha value is -0.820. The standard InChI is InChI=1S/C13H21F3N2O2/c14-13(15,16)8-1-3-9(4-2-8)18-12(19)11-6-5-10(7-17)20-11/h8-11H,1-7,17H2,(H,18,19). The van der Waals surface area contributed by atoms with Crippen LogP contribution < -0.4 is 11.1 Å². The summed E-state index contributed by atoms with van der Waals surface area (Å²) in [5.74, 6) is -1.43. The number of ether oxygens (including phenoxy) is 1. The van der Waals surface area contributed by atoms with Crippen molar-refractivity contribution in [2.24, 2.45) is 11.7 Å². The molecule has 20 heavy (non-hydrogen) atoms. The van der Waals surface area contributed by atoms with Crippen LogP contribution in [0.1, 0.15) is 38.5 Å². The van der Waals surface area contributed by atoms with Gasteiger partial charge in [-0.25, -0.2) is 0 Å². The molecule has 116 valence electrons. The maximum Gasteiger partial charge on any atom is 0.391 e. The monoisotopic (exact) mass is 294 g/mol.